The largest absolute Gasteiger partial charge is 0.497 e. The fourth-order valence-electron chi connectivity index (χ4n) is 2.95. The lowest BCUT2D eigenvalue weighted by Gasteiger charge is -2.06. The molecule has 0 saturated heterocycles. The van der Waals surface area contributed by atoms with Gasteiger partial charge in [0.25, 0.3) is 0 Å². The summed E-state index contributed by atoms with van der Waals surface area (Å²) in [5.74, 6) is 1.32. The molecule has 118 valence electrons. The van der Waals surface area contributed by atoms with Gasteiger partial charge in [0, 0.05) is 18.6 Å². The highest BCUT2D eigenvalue weighted by atomic mass is 16.5. The SMILES string of the molecule is COc1ccc2c(=O)cc(Cc3ccc4ccccc4c3)oc2c1. The second-order valence-electron chi connectivity index (χ2n) is 5.80. The van der Waals surface area contributed by atoms with Crippen LogP contribution in [-0.2, 0) is 6.42 Å². The molecule has 3 aromatic carbocycles. The van der Waals surface area contributed by atoms with Crippen LogP contribution in [0.4, 0.5) is 0 Å². The van der Waals surface area contributed by atoms with Crippen LogP contribution in [-0.4, -0.2) is 7.11 Å². The Morgan fingerprint density at radius 2 is 1.75 bits per heavy atom. The monoisotopic (exact) mass is 316 g/mol. The molecule has 0 aliphatic carbocycles. The zero-order valence-electron chi connectivity index (χ0n) is 13.3. The van der Waals surface area contributed by atoms with Crippen LogP contribution in [0.25, 0.3) is 21.7 Å². The molecule has 24 heavy (non-hydrogen) atoms. The number of benzene rings is 3. The van der Waals surface area contributed by atoms with Gasteiger partial charge in [-0.25, -0.2) is 0 Å². The molecule has 0 aliphatic heterocycles. The van der Waals surface area contributed by atoms with E-state index in [-0.39, 0.29) is 5.43 Å². The molecule has 1 aromatic heterocycles. The molecule has 0 aliphatic rings. The van der Waals surface area contributed by atoms with E-state index in [4.69, 9.17) is 9.15 Å². The molecule has 0 unspecified atom stereocenters. The summed E-state index contributed by atoms with van der Waals surface area (Å²) in [7, 11) is 1.60. The molecule has 0 N–H and O–H groups in total. The molecule has 0 spiro atoms. The predicted molar refractivity (Wildman–Crippen MR) is 95.8 cm³/mol. The summed E-state index contributed by atoms with van der Waals surface area (Å²) in [4.78, 5) is 12.3. The van der Waals surface area contributed by atoms with Gasteiger partial charge in [0.15, 0.2) is 5.43 Å². The van der Waals surface area contributed by atoms with Crippen LogP contribution in [0.15, 0.2) is 75.9 Å². The quantitative estimate of drug-likeness (QED) is 0.557. The molecule has 4 aromatic rings. The van der Waals surface area contributed by atoms with Crippen LogP contribution in [0, 0.1) is 0 Å². The van der Waals surface area contributed by atoms with E-state index in [1.807, 2.05) is 12.1 Å². The summed E-state index contributed by atoms with van der Waals surface area (Å²) in [6.45, 7) is 0. The van der Waals surface area contributed by atoms with E-state index in [2.05, 4.69) is 30.3 Å². The van der Waals surface area contributed by atoms with E-state index in [0.717, 1.165) is 5.56 Å². The lowest BCUT2D eigenvalue weighted by atomic mass is 10.0. The number of rotatable bonds is 3. The van der Waals surface area contributed by atoms with Gasteiger partial charge in [-0.05, 0) is 28.5 Å². The molecular weight excluding hydrogens is 300 g/mol. The number of methoxy groups -OCH3 is 1. The fraction of sp³-hybridized carbons (Fsp3) is 0.0952. The van der Waals surface area contributed by atoms with Crippen molar-refractivity contribution in [1.82, 2.24) is 0 Å². The maximum absolute atomic E-state index is 12.3. The first-order valence-electron chi connectivity index (χ1n) is 7.81. The summed E-state index contributed by atoms with van der Waals surface area (Å²) in [5, 5.41) is 2.95. The van der Waals surface area contributed by atoms with Gasteiger partial charge in [0.05, 0.1) is 12.5 Å². The average Bonchev–Trinajstić information content (AvgIpc) is 2.61. The van der Waals surface area contributed by atoms with E-state index >= 15 is 0 Å². The highest BCUT2D eigenvalue weighted by Crippen LogP contribution is 2.22. The summed E-state index contributed by atoms with van der Waals surface area (Å²) < 4.78 is 11.1. The summed E-state index contributed by atoms with van der Waals surface area (Å²) in [5.41, 5.74) is 1.63. The zero-order valence-corrected chi connectivity index (χ0v) is 13.3. The van der Waals surface area contributed by atoms with Gasteiger partial charge in [0.2, 0.25) is 0 Å². The minimum Gasteiger partial charge on any atom is -0.497 e. The smallest absolute Gasteiger partial charge is 0.192 e. The Hall–Kier alpha value is -3.07. The maximum atomic E-state index is 12.3. The molecule has 0 fully saturated rings. The van der Waals surface area contributed by atoms with Crippen molar-refractivity contribution in [3.8, 4) is 5.75 Å². The second-order valence-corrected chi connectivity index (χ2v) is 5.80. The standard InChI is InChI=1S/C21H16O3/c1-23-17-8-9-19-20(22)12-18(24-21(19)13-17)11-14-6-7-15-4-2-3-5-16(15)10-14/h2-10,12-13H,11H2,1H3. The first-order chi connectivity index (χ1) is 11.7. The normalized spacial score (nSPS) is 11.0. The minimum atomic E-state index is -0.0327. The fourth-order valence-corrected chi connectivity index (χ4v) is 2.95. The first-order valence-corrected chi connectivity index (χ1v) is 7.81. The van der Waals surface area contributed by atoms with Gasteiger partial charge in [0.1, 0.15) is 17.1 Å². The van der Waals surface area contributed by atoms with Crippen LogP contribution in [0.1, 0.15) is 11.3 Å². The van der Waals surface area contributed by atoms with Gasteiger partial charge in [-0.1, -0.05) is 42.5 Å². The van der Waals surface area contributed by atoms with Crippen molar-refractivity contribution in [1.29, 1.82) is 0 Å². The molecule has 0 amide bonds. The number of hydrogen-bond donors (Lipinski definition) is 0. The summed E-state index contributed by atoms with van der Waals surface area (Å²) in [6.07, 6.45) is 0.577. The molecule has 3 nitrogen and oxygen atoms in total. The van der Waals surface area contributed by atoms with Gasteiger partial charge in [-0.2, -0.15) is 0 Å². The van der Waals surface area contributed by atoms with Gasteiger partial charge >= 0.3 is 0 Å². The number of fused-ring (bicyclic) bond motifs is 2. The van der Waals surface area contributed by atoms with Crippen molar-refractivity contribution >= 4 is 21.7 Å². The molecule has 1 heterocycles. The van der Waals surface area contributed by atoms with Gasteiger partial charge in [-0.3, -0.25) is 4.79 Å². The Balaban J connectivity index is 1.76. The Labute approximate surface area is 139 Å². The van der Waals surface area contributed by atoms with Crippen LogP contribution in [0.5, 0.6) is 5.75 Å². The topological polar surface area (TPSA) is 39.4 Å². The number of hydrogen-bond acceptors (Lipinski definition) is 3. The lowest BCUT2D eigenvalue weighted by molar-refractivity contribution is 0.414. The Morgan fingerprint density at radius 1 is 0.917 bits per heavy atom. The van der Waals surface area contributed by atoms with Gasteiger partial charge in [-0.15, -0.1) is 0 Å². The second kappa shape index (κ2) is 5.85. The van der Waals surface area contributed by atoms with Crippen molar-refractivity contribution in [2.75, 3.05) is 7.11 Å². The zero-order chi connectivity index (χ0) is 16.5. The van der Waals surface area contributed by atoms with E-state index < -0.39 is 0 Å². The maximum Gasteiger partial charge on any atom is 0.192 e. The molecular formula is C21H16O3. The summed E-state index contributed by atoms with van der Waals surface area (Å²) >= 11 is 0. The highest BCUT2D eigenvalue weighted by Gasteiger charge is 2.07. The molecule has 0 atom stereocenters. The summed E-state index contributed by atoms with van der Waals surface area (Å²) in [6, 6.07) is 21.3. The third-order valence-corrected chi connectivity index (χ3v) is 4.18. The van der Waals surface area contributed by atoms with Crippen LogP contribution in [0.2, 0.25) is 0 Å². The van der Waals surface area contributed by atoms with Crippen LogP contribution >= 0.6 is 0 Å². The van der Waals surface area contributed by atoms with E-state index in [1.165, 1.54) is 10.8 Å². The van der Waals surface area contributed by atoms with Crippen molar-refractivity contribution < 1.29 is 9.15 Å². The van der Waals surface area contributed by atoms with Crippen molar-refractivity contribution in [2.45, 2.75) is 6.42 Å². The molecule has 3 heteroatoms. The Morgan fingerprint density at radius 3 is 2.58 bits per heavy atom. The first kappa shape index (κ1) is 14.5. The van der Waals surface area contributed by atoms with E-state index in [9.17, 15) is 4.79 Å². The third-order valence-electron chi connectivity index (χ3n) is 4.18. The minimum absolute atomic E-state index is 0.0327. The Kier molecular flexibility index (Phi) is 3.54. The highest BCUT2D eigenvalue weighted by molar-refractivity contribution is 5.83. The number of ether oxygens (including phenoxy) is 1. The molecule has 4 rings (SSSR count). The van der Waals surface area contributed by atoms with Crippen molar-refractivity contribution in [3.63, 3.8) is 0 Å². The van der Waals surface area contributed by atoms with Crippen molar-refractivity contribution in [3.05, 3.63) is 88.3 Å². The van der Waals surface area contributed by atoms with Crippen LogP contribution < -0.4 is 10.2 Å². The van der Waals surface area contributed by atoms with Crippen LogP contribution in [0.3, 0.4) is 0 Å². The van der Waals surface area contributed by atoms with Gasteiger partial charge < -0.3 is 9.15 Å². The lowest BCUT2D eigenvalue weighted by Crippen LogP contribution is -2.03. The predicted octanol–water partition coefficient (Wildman–Crippen LogP) is 4.55. The molecule has 0 radical (unpaired) electrons. The third kappa shape index (κ3) is 2.65. The Bertz CT molecular complexity index is 1090. The van der Waals surface area contributed by atoms with Crippen molar-refractivity contribution in [2.24, 2.45) is 0 Å². The van der Waals surface area contributed by atoms with E-state index in [1.54, 1.807) is 31.4 Å². The average molecular weight is 316 g/mol. The van der Waals surface area contributed by atoms with E-state index in [0.29, 0.717) is 28.9 Å². The molecule has 0 bridgehead atoms. The molecule has 0 saturated carbocycles.